The number of rotatable bonds is 3. The molecule has 1 aromatic heterocycles. The number of hydrogen-bond donors (Lipinski definition) is 2. The van der Waals surface area contributed by atoms with Crippen molar-refractivity contribution in [2.75, 3.05) is 7.05 Å². The highest BCUT2D eigenvalue weighted by Gasteiger charge is 2.14. The third-order valence-corrected chi connectivity index (χ3v) is 2.65. The van der Waals surface area contributed by atoms with Crippen molar-refractivity contribution in [1.82, 2.24) is 15.5 Å². The summed E-state index contributed by atoms with van der Waals surface area (Å²) in [5, 5.41) is 9.83. The van der Waals surface area contributed by atoms with Crippen LogP contribution < -0.4 is 5.32 Å². The second-order valence-electron chi connectivity index (χ2n) is 3.83. The third kappa shape index (κ3) is 2.19. The van der Waals surface area contributed by atoms with E-state index in [4.69, 9.17) is 0 Å². The summed E-state index contributed by atoms with van der Waals surface area (Å²) in [5.41, 5.74) is 2.32. The molecule has 2 rings (SSSR count). The van der Waals surface area contributed by atoms with Gasteiger partial charge in [0.05, 0.1) is 11.4 Å². The largest absolute Gasteiger partial charge is 0.314 e. The minimum absolute atomic E-state index is 0.182. The number of H-pyrrole nitrogens is 1. The molecule has 0 aliphatic heterocycles. The molecule has 17 heavy (non-hydrogen) atoms. The Kier molecular flexibility index (Phi) is 3.19. The maximum atomic E-state index is 13.6. The summed E-state index contributed by atoms with van der Waals surface area (Å²) in [4.78, 5) is 0. The Balaban J connectivity index is 2.49. The summed E-state index contributed by atoms with van der Waals surface area (Å²) >= 11 is 0. The van der Waals surface area contributed by atoms with Gasteiger partial charge in [0.25, 0.3) is 0 Å². The van der Waals surface area contributed by atoms with Crippen LogP contribution in [0, 0.1) is 18.6 Å². The van der Waals surface area contributed by atoms with Gasteiger partial charge in [-0.15, -0.1) is 0 Å². The summed E-state index contributed by atoms with van der Waals surface area (Å²) in [7, 11) is 1.81. The van der Waals surface area contributed by atoms with Crippen LogP contribution in [-0.2, 0) is 6.54 Å². The van der Waals surface area contributed by atoms with Crippen LogP contribution in [0.3, 0.4) is 0 Å². The average Bonchev–Trinajstić information content (AvgIpc) is 2.65. The van der Waals surface area contributed by atoms with E-state index in [1.807, 2.05) is 14.0 Å². The van der Waals surface area contributed by atoms with Crippen LogP contribution in [0.4, 0.5) is 8.78 Å². The molecule has 0 amide bonds. The molecule has 0 saturated heterocycles. The summed E-state index contributed by atoms with van der Waals surface area (Å²) < 4.78 is 26.7. The minimum Gasteiger partial charge on any atom is -0.314 e. The lowest BCUT2D eigenvalue weighted by atomic mass is 10.1. The predicted molar refractivity (Wildman–Crippen MR) is 61.4 cm³/mol. The lowest BCUT2D eigenvalue weighted by Gasteiger charge is -2.02. The van der Waals surface area contributed by atoms with Gasteiger partial charge in [0.15, 0.2) is 0 Å². The molecule has 0 bridgehead atoms. The van der Waals surface area contributed by atoms with E-state index in [2.05, 4.69) is 15.5 Å². The van der Waals surface area contributed by atoms with Crippen LogP contribution in [0.1, 0.15) is 11.3 Å². The topological polar surface area (TPSA) is 40.7 Å². The highest BCUT2D eigenvalue weighted by Crippen LogP contribution is 2.26. The Morgan fingerprint density at radius 1 is 1.35 bits per heavy atom. The molecule has 0 aliphatic rings. The average molecular weight is 237 g/mol. The van der Waals surface area contributed by atoms with E-state index < -0.39 is 11.6 Å². The second-order valence-corrected chi connectivity index (χ2v) is 3.83. The van der Waals surface area contributed by atoms with E-state index >= 15 is 0 Å². The molecule has 1 heterocycles. The fraction of sp³-hybridized carbons (Fsp3) is 0.250. The first-order chi connectivity index (χ1) is 8.13. The molecular weight excluding hydrogens is 224 g/mol. The van der Waals surface area contributed by atoms with Gasteiger partial charge in [0.2, 0.25) is 0 Å². The van der Waals surface area contributed by atoms with E-state index in [1.54, 1.807) is 0 Å². The third-order valence-electron chi connectivity index (χ3n) is 2.65. The van der Waals surface area contributed by atoms with Crippen molar-refractivity contribution in [3.8, 4) is 11.3 Å². The summed E-state index contributed by atoms with van der Waals surface area (Å²) in [5.74, 6) is -0.948. The summed E-state index contributed by atoms with van der Waals surface area (Å²) in [6.07, 6.45) is 0. The SMILES string of the molecule is CNCc1[nH]nc(-c2cc(F)ccc2F)c1C. The van der Waals surface area contributed by atoms with Crippen molar-refractivity contribution in [2.45, 2.75) is 13.5 Å². The molecule has 2 N–H and O–H groups in total. The zero-order valence-electron chi connectivity index (χ0n) is 9.64. The lowest BCUT2D eigenvalue weighted by Crippen LogP contribution is -2.06. The van der Waals surface area contributed by atoms with Crippen molar-refractivity contribution < 1.29 is 8.78 Å². The van der Waals surface area contributed by atoms with Crippen molar-refractivity contribution in [3.63, 3.8) is 0 Å². The number of nitrogens with one attached hydrogen (secondary N) is 2. The normalized spacial score (nSPS) is 10.8. The van der Waals surface area contributed by atoms with Gasteiger partial charge in [-0.1, -0.05) is 0 Å². The van der Waals surface area contributed by atoms with Gasteiger partial charge in [-0.05, 0) is 37.7 Å². The highest BCUT2D eigenvalue weighted by atomic mass is 19.1. The smallest absolute Gasteiger partial charge is 0.132 e. The summed E-state index contributed by atoms with van der Waals surface area (Å²) in [6.45, 7) is 2.44. The van der Waals surface area contributed by atoms with E-state index in [1.165, 1.54) is 0 Å². The number of nitrogens with zero attached hydrogens (tertiary/aromatic N) is 1. The molecule has 0 aliphatic carbocycles. The van der Waals surface area contributed by atoms with Gasteiger partial charge < -0.3 is 5.32 Å². The van der Waals surface area contributed by atoms with Gasteiger partial charge in [-0.2, -0.15) is 5.10 Å². The van der Waals surface area contributed by atoms with Crippen molar-refractivity contribution >= 4 is 0 Å². The zero-order valence-corrected chi connectivity index (χ0v) is 9.64. The standard InChI is InChI=1S/C12H13F2N3/c1-7-11(6-15-2)16-17-12(7)9-5-8(13)3-4-10(9)14/h3-5,15H,6H2,1-2H3,(H,16,17). The van der Waals surface area contributed by atoms with Gasteiger partial charge in [0, 0.05) is 12.1 Å². The Hall–Kier alpha value is -1.75. The number of benzene rings is 1. The molecule has 2 aromatic rings. The van der Waals surface area contributed by atoms with Crippen molar-refractivity contribution in [1.29, 1.82) is 0 Å². The molecule has 0 radical (unpaired) electrons. The van der Waals surface area contributed by atoms with Crippen LogP contribution in [0.25, 0.3) is 11.3 Å². The van der Waals surface area contributed by atoms with E-state index in [0.717, 1.165) is 29.5 Å². The minimum atomic E-state index is -0.475. The molecule has 5 heteroatoms. The Labute approximate surface area is 97.9 Å². The van der Waals surface area contributed by atoms with Crippen molar-refractivity contribution in [3.05, 3.63) is 41.1 Å². The number of hydrogen-bond acceptors (Lipinski definition) is 2. The van der Waals surface area contributed by atoms with Crippen LogP contribution in [0.5, 0.6) is 0 Å². The second kappa shape index (κ2) is 4.63. The summed E-state index contributed by atoms with van der Waals surface area (Å²) in [6, 6.07) is 3.35. The maximum Gasteiger partial charge on any atom is 0.132 e. The molecule has 0 unspecified atom stereocenters. The van der Waals surface area contributed by atoms with Crippen molar-refractivity contribution in [2.24, 2.45) is 0 Å². The fourth-order valence-electron chi connectivity index (χ4n) is 1.72. The quantitative estimate of drug-likeness (QED) is 0.860. The first-order valence-electron chi connectivity index (χ1n) is 5.27. The van der Waals surface area contributed by atoms with Crippen LogP contribution in [-0.4, -0.2) is 17.2 Å². The molecule has 0 saturated carbocycles. The molecule has 1 aromatic carbocycles. The maximum absolute atomic E-state index is 13.6. The predicted octanol–water partition coefficient (Wildman–Crippen LogP) is 2.38. The molecule has 0 fully saturated rings. The van der Waals surface area contributed by atoms with E-state index in [-0.39, 0.29) is 5.56 Å². The Morgan fingerprint density at radius 2 is 2.12 bits per heavy atom. The first-order valence-corrected chi connectivity index (χ1v) is 5.27. The molecule has 90 valence electrons. The number of halogens is 2. The number of aromatic nitrogens is 2. The van der Waals surface area contributed by atoms with Crippen LogP contribution in [0.2, 0.25) is 0 Å². The van der Waals surface area contributed by atoms with Gasteiger partial charge in [0.1, 0.15) is 11.6 Å². The first kappa shape index (κ1) is 11.7. The zero-order chi connectivity index (χ0) is 12.4. The fourth-order valence-corrected chi connectivity index (χ4v) is 1.72. The van der Waals surface area contributed by atoms with E-state index in [9.17, 15) is 8.78 Å². The molecular formula is C12H13F2N3. The van der Waals surface area contributed by atoms with Gasteiger partial charge in [-0.3, -0.25) is 5.10 Å². The molecule has 0 spiro atoms. The van der Waals surface area contributed by atoms with Crippen LogP contribution >= 0.6 is 0 Å². The van der Waals surface area contributed by atoms with E-state index in [0.29, 0.717) is 12.2 Å². The molecule has 3 nitrogen and oxygen atoms in total. The monoisotopic (exact) mass is 237 g/mol. The number of aromatic amines is 1. The molecule has 0 atom stereocenters. The highest BCUT2D eigenvalue weighted by molar-refractivity contribution is 5.64. The van der Waals surface area contributed by atoms with Gasteiger partial charge >= 0.3 is 0 Å². The van der Waals surface area contributed by atoms with Gasteiger partial charge in [-0.25, -0.2) is 8.78 Å². The lowest BCUT2D eigenvalue weighted by molar-refractivity contribution is 0.602. The Morgan fingerprint density at radius 3 is 2.82 bits per heavy atom. The van der Waals surface area contributed by atoms with Crippen LogP contribution in [0.15, 0.2) is 18.2 Å². The Bertz CT molecular complexity index is 535.